The number of hydrogen-bond acceptors (Lipinski definition) is 3. The molecule has 1 N–H and O–H groups in total. The SMILES string of the molecule is CC(=O)NC(C)c1ccc(CN2CCc3cc(OCC(C)C)ccc3C2)cc1. The third kappa shape index (κ3) is 5.59. The van der Waals surface area contributed by atoms with E-state index in [1.54, 1.807) is 6.92 Å². The molecule has 1 unspecified atom stereocenters. The Hall–Kier alpha value is -2.33. The molecule has 3 rings (SSSR count). The van der Waals surface area contributed by atoms with Gasteiger partial charge in [-0.25, -0.2) is 0 Å². The first-order valence-corrected chi connectivity index (χ1v) is 10.2. The summed E-state index contributed by atoms with van der Waals surface area (Å²) < 4.78 is 5.87. The van der Waals surface area contributed by atoms with Gasteiger partial charge in [-0.05, 0) is 53.6 Å². The van der Waals surface area contributed by atoms with Crippen LogP contribution in [0.25, 0.3) is 0 Å². The first-order valence-electron chi connectivity index (χ1n) is 10.2. The van der Waals surface area contributed by atoms with Crippen LogP contribution in [0.15, 0.2) is 42.5 Å². The average molecular weight is 381 g/mol. The summed E-state index contributed by atoms with van der Waals surface area (Å²) in [4.78, 5) is 13.7. The summed E-state index contributed by atoms with van der Waals surface area (Å²) >= 11 is 0. The van der Waals surface area contributed by atoms with E-state index >= 15 is 0 Å². The molecule has 0 aliphatic carbocycles. The van der Waals surface area contributed by atoms with Crippen LogP contribution >= 0.6 is 0 Å². The largest absolute Gasteiger partial charge is 0.493 e. The first-order chi connectivity index (χ1) is 13.4. The number of amides is 1. The van der Waals surface area contributed by atoms with Gasteiger partial charge in [0.05, 0.1) is 12.6 Å². The Morgan fingerprint density at radius 1 is 1.11 bits per heavy atom. The summed E-state index contributed by atoms with van der Waals surface area (Å²) in [7, 11) is 0. The molecule has 0 spiro atoms. The molecule has 2 aromatic carbocycles. The van der Waals surface area contributed by atoms with Gasteiger partial charge in [0.1, 0.15) is 5.75 Å². The molecule has 1 amide bonds. The van der Waals surface area contributed by atoms with Gasteiger partial charge in [-0.2, -0.15) is 0 Å². The summed E-state index contributed by atoms with van der Waals surface area (Å²) in [5.41, 5.74) is 5.26. The lowest BCUT2D eigenvalue weighted by molar-refractivity contribution is -0.119. The van der Waals surface area contributed by atoms with E-state index in [1.807, 2.05) is 6.92 Å². The number of nitrogens with one attached hydrogen (secondary N) is 1. The van der Waals surface area contributed by atoms with Gasteiger partial charge in [-0.1, -0.05) is 44.2 Å². The van der Waals surface area contributed by atoms with Crippen LogP contribution in [0.5, 0.6) is 5.75 Å². The number of benzene rings is 2. The molecule has 0 saturated carbocycles. The summed E-state index contributed by atoms with van der Waals surface area (Å²) in [6.45, 7) is 11.7. The van der Waals surface area contributed by atoms with E-state index in [-0.39, 0.29) is 11.9 Å². The maximum atomic E-state index is 11.2. The van der Waals surface area contributed by atoms with E-state index < -0.39 is 0 Å². The molecule has 0 saturated heterocycles. The van der Waals surface area contributed by atoms with Gasteiger partial charge in [-0.15, -0.1) is 0 Å². The Balaban J connectivity index is 1.58. The van der Waals surface area contributed by atoms with Crippen molar-refractivity contribution in [1.29, 1.82) is 0 Å². The lowest BCUT2D eigenvalue weighted by atomic mass is 9.98. The molecule has 28 heavy (non-hydrogen) atoms. The fourth-order valence-corrected chi connectivity index (χ4v) is 3.63. The quantitative estimate of drug-likeness (QED) is 0.770. The van der Waals surface area contributed by atoms with Gasteiger partial charge >= 0.3 is 0 Å². The van der Waals surface area contributed by atoms with Crippen molar-refractivity contribution < 1.29 is 9.53 Å². The molecular formula is C24H32N2O2. The highest BCUT2D eigenvalue weighted by Crippen LogP contribution is 2.25. The number of carbonyl (C=O) groups is 1. The lowest BCUT2D eigenvalue weighted by Crippen LogP contribution is -2.30. The minimum atomic E-state index is 0.00122. The van der Waals surface area contributed by atoms with Crippen molar-refractivity contribution in [2.45, 2.75) is 53.2 Å². The van der Waals surface area contributed by atoms with E-state index in [9.17, 15) is 4.79 Å². The van der Waals surface area contributed by atoms with Crippen LogP contribution in [0.2, 0.25) is 0 Å². The molecule has 2 aromatic rings. The highest BCUT2D eigenvalue weighted by atomic mass is 16.5. The van der Waals surface area contributed by atoms with E-state index in [0.29, 0.717) is 5.92 Å². The van der Waals surface area contributed by atoms with Crippen molar-refractivity contribution in [2.24, 2.45) is 5.92 Å². The number of rotatable bonds is 7. The van der Waals surface area contributed by atoms with Crippen LogP contribution in [-0.4, -0.2) is 24.0 Å². The van der Waals surface area contributed by atoms with E-state index in [2.05, 4.69) is 66.5 Å². The second kappa shape index (κ2) is 9.24. The van der Waals surface area contributed by atoms with Crippen molar-refractivity contribution in [2.75, 3.05) is 13.2 Å². The summed E-state index contributed by atoms with van der Waals surface area (Å²) in [5.74, 6) is 1.53. The van der Waals surface area contributed by atoms with Gasteiger partial charge in [0.15, 0.2) is 0 Å². The first kappa shape index (κ1) is 20.4. The lowest BCUT2D eigenvalue weighted by Gasteiger charge is -2.29. The fraction of sp³-hybridized carbons (Fsp3) is 0.458. The van der Waals surface area contributed by atoms with Gasteiger partial charge in [-0.3, -0.25) is 9.69 Å². The second-order valence-electron chi connectivity index (χ2n) is 8.26. The maximum absolute atomic E-state index is 11.2. The van der Waals surface area contributed by atoms with Gasteiger partial charge in [0.25, 0.3) is 0 Å². The number of ether oxygens (including phenoxy) is 1. The van der Waals surface area contributed by atoms with E-state index in [1.165, 1.54) is 16.7 Å². The molecule has 1 atom stereocenters. The average Bonchev–Trinajstić information content (AvgIpc) is 2.66. The minimum absolute atomic E-state index is 0.00122. The number of nitrogens with zero attached hydrogens (tertiary/aromatic N) is 1. The Bertz CT molecular complexity index is 799. The third-order valence-electron chi connectivity index (χ3n) is 5.16. The zero-order chi connectivity index (χ0) is 20.1. The summed E-state index contributed by atoms with van der Waals surface area (Å²) in [6.07, 6.45) is 1.06. The molecule has 1 heterocycles. The normalized spacial score (nSPS) is 15.2. The second-order valence-corrected chi connectivity index (χ2v) is 8.26. The molecule has 1 aliphatic rings. The van der Waals surface area contributed by atoms with Crippen LogP contribution < -0.4 is 10.1 Å². The third-order valence-corrected chi connectivity index (χ3v) is 5.16. The molecule has 4 nitrogen and oxygen atoms in total. The molecule has 0 aromatic heterocycles. The number of carbonyl (C=O) groups excluding carboxylic acids is 1. The Kier molecular flexibility index (Phi) is 6.74. The number of fused-ring (bicyclic) bond motifs is 1. The van der Waals surface area contributed by atoms with Gasteiger partial charge in [0, 0.05) is 26.6 Å². The smallest absolute Gasteiger partial charge is 0.217 e. The van der Waals surface area contributed by atoms with E-state index in [4.69, 9.17) is 4.74 Å². The number of hydrogen-bond donors (Lipinski definition) is 1. The topological polar surface area (TPSA) is 41.6 Å². The van der Waals surface area contributed by atoms with Gasteiger partial charge in [0.2, 0.25) is 5.91 Å². The Morgan fingerprint density at radius 2 is 1.86 bits per heavy atom. The molecule has 150 valence electrons. The monoisotopic (exact) mass is 380 g/mol. The predicted octanol–water partition coefficient (Wildman–Crippen LogP) is 4.48. The van der Waals surface area contributed by atoms with Crippen LogP contribution in [0.3, 0.4) is 0 Å². The van der Waals surface area contributed by atoms with E-state index in [0.717, 1.165) is 44.0 Å². The predicted molar refractivity (Wildman–Crippen MR) is 113 cm³/mol. The molecule has 0 bridgehead atoms. The maximum Gasteiger partial charge on any atom is 0.217 e. The van der Waals surface area contributed by atoms with Crippen LogP contribution in [0, 0.1) is 5.92 Å². The van der Waals surface area contributed by atoms with Crippen LogP contribution in [0.4, 0.5) is 0 Å². The molecule has 0 fully saturated rings. The molecule has 4 heteroatoms. The van der Waals surface area contributed by atoms with Crippen molar-refractivity contribution in [3.63, 3.8) is 0 Å². The van der Waals surface area contributed by atoms with Crippen LogP contribution in [-0.2, 0) is 24.3 Å². The Morgan fingerprint density at radius 3 is 2.54 bits per heavy atom. The van der Waals surface area contributed by atoms with Crippen molar-refractivity contribution in [3.8, 4) is 5.75 Å². The summed E-state index contributed by atoms with van der Waals surface area (Å²) in [5, 5.41) is 2.93. The molecular weight excluding hydrogens is 348 g/mol. The zero-order valence-corrected chi connectivity index (χ0v) is 17.5. The molecule has 0 radical (unpaired) electrons. The summed E-state index contributed by atoms with van der Waals surface area (Å²) in [6, 6.07) is 15.2. The fourth-order valence-electron chi connectivity index (χ4n) is 3.63. The highest BCUT2D eigenvalue weighted by molar-refractivity contribution is 5.73. The van der Waals surface area contributed by atoms with Crippen molar-refractivity contribution >= 4 is 5.91 Å². The highest BCUT2D eigenvalue weighted by Gasteiger charge is 2.17. The van der Waals surface area contributed by atoms with Crippen LogP contribution in [0.1, 0.15) is 56.0 Å². The standard InChI is InChI=1S/C24H32N2O2/c1-17(2)16-28-24-10-9-23-15-26(12-11-22(23)13-24)14-20-5-7-21(8-6-20)18(3)25-19(4)27/h5-10,13,17-18H,11-12,14-16H2,1-4H3,(H,25,27). The molecule has 1 aliphatic heterocycles. The minimum Gasteiger partial charge on any atom is -0.493 e. The Labute approximate surface area is 168 Å². The zero-order valence-electron chi connectivity index (χ0n) is 17.5. The van der Waals surface area contributed by atoms with Crippen molar-refractivity contribution in [3.05, 3.63) is 64.7 Å². The van der Waals surface area contributed by atoms with Gasteiger partial charge < -0.3 is 10.1 Å². The van der Waals surface area contributed by atoms with Crippen molar-refractivity contribution in [1.82, 2.24) is 10.2 Å².